The predicted molar refractivity (Wildman–Crippen MR) is 82.7 cm³/mol. The van der Waals surface area contributed by atoms with Crippen molar-refractivity contribution in [2.75, 3.05) is 19.7 Å². The Bertz CT molecular complexity index is 508. The van der Waals surface area contributed by atoms with E-state index < -0.39 is 12.0 Å². The summed E-state index contributed by atoms with van der Waals surface area (Å²) in [6, 6.07) is 8.90. The summed E-state index contributed by atoms with van der Waals surface area (Å²) in [7, 11) is 1.36. The number of esters is 1. The molecule has 1 saturated heterocycles. The molecule has 0 aromatic heterocycles. The molecule has 0 saturated carbocycles. The summed E-state index contributed by atoms with van der Waals surface area (Å²) in [5.41, 5.74) is 0.838. The van der Waals surface area contributed by atoms with Crippen molar-refractivity contribution in [3.63, 3.8) is 0 Å². The summed E-state index contributed by atoms with van der Waals surface area (Å²) in [4.78, 5) is 26.0. The lowest BCUT2D eigenvalue weighted by Gasteiger charge is -2.38. The largest absolute Gasteiger partial charge is 0.468 e. The third-order valence-electron chi connectivity index (χ3n) is 3.96. The summed E-state index contributed by atoms with van der Waals surface area (Å²) in [5.74, 6) is -0.865. The molecule has 1 aliphatic rings. The summed E-state index contributed by atoms with van der Waals surface area (Å²) in [5, 5.41) is 0. The maximum atomic E-state index is 12.3. The number of benzene rings is 1. The van der Waals surface area contributed by atoms with Crippen molar-refractivity contribution >= 4 is 23.7 Å². The van der Waals surface area contributed by atoms with E-state index in [1.54, 1.807) is 4.90 Å². The number of piperidine rings is 1. The molecule has 1 heterocycles. The van der Waals surface area contributed by atoms with Crippen LogP contribution in [0.5, 0.6) is 0 Å². The fourth-order valence-electron chi connectivity index (χ4n) is 2.96. The van der Waals surface area contributed by atoms with Crippen LogP contribution >= 0.6 is 11.6 Å². The molecule has 0 aliphatic carbocycles. The van der Waals surface area contributed by atoms with Crippen molar-refractivity contribution in [2.45, 2.75) is 31.2 Å². The lowest BCUT2D eigenvalue weighted by Crippen LogP contribution is -2.49. The lowest BCUT2D eigenvalue weighted by atomic mass is 9.85. The summed E-state index contributed by atoms with van der Waals surface area (Å²) in [6.45, 7) is 0.556. The Balaban J connectivity index is 2.31. The molecule has 1 unspecified atom stereocenters. The number of hydrogen-bond acceptors (Lipinski definition) is 4. The van der Waals surface area contributed by atoms with Gasteiger partial charge in [-0.05, 0) is 24.8 Å². The van der Waals surface area contributed by atoms with Crippen molar-refractivity contribution in [1.82, 2.24) is 4.90 Å². The monoisotopic (exact) mass is 325 g/mol. The number of amides is 1. The zero-order valence-corrected chi connectivity index (χ0v) is 13.3. The molecule has 0 radical (unpaired) electrons. The van der Waals surface area contributed by atoms with Crippen molar-refractivity contribution in [1.29, 1.82) is 0 Å². The lowest BCUT2D eigenvalue weighted by molar-refractivity contribution is -0.144. The van der Waals surface area contributed by atoms with Gasteiger partial charge in [-0.1, -0.05) is 41.9 Å². The van der Waals surface area contributed by atoms with Crippen molar-refractivity contribution in [2.24, 2.45) is 0 Å². The molecule has 22 heavy (non-hydrogen) atoms. The zero-order chi connectivity index (χ0) is 15.9. The highest BCUT2D eigenvalue weighted by atomic mass is 35.5. The molecule has 120 valence electrons. The molecule has 0 bridgehead atoms. The minimum Gasteiger partial charge on any atom is -0.468 e. The zero-order valence-electron chi connectivity index (χ0n) is 12.5. The minimum absolute atomic E-state index is 0.198. The van der Waals surface area contributed by atoms with Gasteiger partial charge in [-0.15, -0.1) is 0 Å². The van der Waals surface area contributed by atoms with E-state index >= 15 is 0 Å². The number of likely N-dealkylation sites (tertiary alicyclic amines) is 1. The Labute approximate surface area is 135 Å². The standard InChI is InChI=1S/C16H20ClNO4/c1-21-15(19)14(12-7-3-2-4-8-12)13-9-5-6-10-18(13)16(20)22-11-17/h2-4,7-8,13-14H,5-6,9-11H2,1H3/t13?,14-/m1/s1. The van der Waals surface area contributed by atoms with E-state index in [-0.39, 0.29) is 18.1 Å². The van der Waals surface area contributed by atoms with Gasteiger partial charge in [0.05, 0.1) is 13.2 Å². The Morgan fingerprint density at radius 1 is 1.32 bits per heavy atom. The number of nitrogens with zero attached hydrogens (tertiary/aromatic N) is 1. The molecule has 2 rings (SSSR count). The van der Waals surface area contributed by atoms with Crippen molar-refractivity contribution in [3.05, 3.63) is 35.9 Å². The molecular formula is C16H20ClNO4. The molecule has 1 aromatic carbocycles. The smallest absolute Gasteiger partial charge is 0.411 e. The van der Waals surface area contributed by atoms with Crippen LogP contribution in [-0.2, 0) is 14.3 Å². The van der Waals surface area contributed by atoms with Gasteiger partial charge in [-0.25, -0.2) is 4.79 Å². The van der Waals surface area contributed by atoms with Gasteiger partial charge in [0.2, 0.25) is 0 Å². The van der Waals surface area contributed by atoms with Crippen LogP contribution in [0.25, 0.3) is 0 Å². The van der Waals surface area contributed by atoms with Gasteiger partial charge in [-0.3, -0.25) is 4.79 Å². The summed E-state index contributed by atoms with van der Waals surface area (Å²) < 4.78 is 9.88. The molecule has 1 aliphatic heterocycles. The normalized spacial score (nSPS) is 19.4. The first-order chi connectivity index (χ1) is 10.7. The second kappa shape index (κ2) is 8.03. The first kappa shape index (κ1) is 16.6. The average molecular weight is 326 g/mol. The molecular weight excluding hydrogens is 306 g/mol. The van der Waals surface area contributed by atoms with Gasteiger partial charge in [0.15, 0.2) is 6.07 Å². The topological polar surface area (TPSA) is 55.8 Å². The SMILES string of the molecule is COC(=O)[C@H](c1ccccc1)C1CCCCN1C(=O)OCCl. The van der Waals surface area contributed by atoms with E-state index in [9.17, 15) is 9.59 Å². The Hall–Kier alpha value is -1.75. The first-order valence-corrected chi connectivity index (χ1v) is 7.84. The van der Waals surface area contributed by atoms with Gasteiger partial charge in [0, 0.05) is 6.54 Å². The molecule has 1 amide bonds. The van der Waals surface area contributed by atoms with E-state index in [0.717, 1.165) is 24.8 Å². The molecule has 6 heteroatoms. The number of carbonyl (C=O) groups is 2. The summed E-state index contributed by atoms with van der Waals surface area (Å²) >= 11 is 5.49. The molecule has 2 atom stereocenters. The Morgan fingerprint density at radius 2 is 2.05 bits per heavy atom. The minimum atomic E-state index is -0.519. The van der Waals surface area contributed by atoms with Crippen LogP contribution < -0.4 is 0 Å². The van der Waals surface area contributed by atoms with Gasteiger partial charge in [0.25, 0.3) is 0 Å². The summed E-state index contributed by atoms with van der Waals surface area (Å²) in [6.07, 6.45) is 2.09. The van der Waals surface area contributed by atoms with Gasteiger partial charge < -0.3 is 14.4 Å². The Morgan fingerprint density at radius 3 is 2.68 bits per heavy atom. The number of alkyl halides is 1. The quantitative estimate of drug-likeness (QED) is 0.630. The third-order valence-corrected chi connectivity index (χ3v) is 4.07. The highest BCUT2D eigenvalue weighted by Crippen LogP contribution is 2.32. The average Bonchev–Trinajstić information content (AvgIpc) is 2.56. The molecule has 1 aromatic rings. The van der Waals surface area contributed by atoms with E-state index in [1.165, 1.54) is 7.11 Å². The fourth-order valence-corrected chi connectivity index (χ4v) is 3.06. The predicted octanol–water partition coefficient (Wildman–Crippen LogP) is 3.13. The van der Waals surface area contributed by atoms with E-state index in [4.69, 9.17) is 21.1 Å². The third kappa shape index (κ3) is 3.71. The van der Waals surface area contributed by atoms with Crippen LogP contribution in [0.2, 0.25) is 0 Å². The van der Waals surface area contributed by atoms with Crippen molar-refractivity contribution in [3.8, 4) is 0 Å². The van der Waals surface area contributed by atoms with E-state index in [0.29, 0.717) is 6.54 Å². The first-order valence-electron chi connectivity index (χ1n) is 7.31. The van der Waals surface area contributed by atoms with Crippen LogP contribution in [0.3, 0.4) is 0 Å². The van der Waals surface area contributed by atoms with Crippen LogP contribution in [-0.4, -0.2) is 42.7 Å². The second-order valence-electron chi connectivity index (χ2n) is 5.19. The van der Waals surface area contributed by atoms with Gasteiger partial charge >= 0.3 is 12.1 Å². The van der Waals surface area contributed by atoms with Crippen LogP contribution in [0, 0.1) is 0 Å². The highest BCUT2D eigenvalue weighted by Gasteiger charge is 2.39. The molecule has 0 spiro atoms. The molecule has 0 N–H and O–H groups in total. The van der Waals surface area contributed by atoms with Crippen LogP contribution in [0.15, 0.2) is 30.3 Å². The van der Waals surface area contributed by atoms with E-state index in [1.807, 2.05) is 30.3 Å². The van der Waals surface area contributed by atoms with Gasteiger partial charge in [0.1, 0.15) is 5.92 Å². The molecule has 1 fully saturated rings. The van der Waals surface area contributed by atoms with Crippen LogP contribution in [0.1, 0.15) is 30.7 Å². The number of rotatable bonds is 4. The van der Waals surface area contributed by atoms with Gasteiger partial charge in [-0.2, -0.15) is 0 Å². The highest BCUT2D eigenvalue weighted by molar-refractivity contribution is 6.17. The van der Waals surface area contributed by atoms with E-state index in [2.05, 4.69) is 0 Å². The number of carbonyl (C=O) groups excluding carboxylic acids is 2. The van der Waals surface area contributed by atoms with Crippen molar-refractivity contribution < 1.29 is 19.1 Å². The number of methoxy groups -OCH3 is 1. The number of hydrogen-bond donors (Lipinski definition) is 0. The van der Waals surface area contributed by atoms with Crippen LogP contribution in [0.4, 0.5) is 4.79 Å². The maximum absolute atomic E-state index is 12.3. The molecule has 5 nitrogen and oxygen atoms in total. The maximum Gasteiger partial charge on any atom is 0.411 e. The Kier molecular flexibility index (Phi) is 6.07. The number of halogens is 1. The second-order valence-corrected chi connectivity index (χ2v) is 5.41. The number of ether oxygens (including phenoxy) is 2. The fraction of sp³-hybridized carbons (Fsp3) is 0.500.